The van der Waals surface area contributed by atoms with Crippen molar-refractivity contribution >= 4 is 30.5 Å². The standard InChI is InChI=1S/C11H17N4O5PS/c1-22-11-9-10(12-5-13-11)15(6-14-9)8(2-3-16)4-20-7-21(17,18)19/h5-6,8,16H,2-4,7H2,1H3,(H2,17,18,19). The van der Waals surface area contributed by atoms with Crippen LogP contribution in [0.4, 0.5) is 0 Å². The van der Waals surface area contributed by atoms with Crippen molar-refractivity contribution in [3.8, 4) is 0 Å². The molecule has 0 aromatic carbocycles. The molecule has 1 unspecified atom stereocenters. The van der Waals surface area contributed by atoms with Crippen LogP contribution in [0.5, 0.6) is 0 Å². The van der Waals surface area contributed by atoms with E-state index in [1.54, 1.807) is 10.9 Å². The van der Waals surface area contributed by atoms with E-state index in [4.69, 9.17) is 14.5 Å². The summed E-state index contributed by atoms with van der Waals surface area (Å²) in [5, 5.41) is 9.93. The number of hydrogen-bond donors (Lipinski definition) is 3. The molecule has 0 radical (unpaired) electrons. The van der Waals surface area contributed by atoms with Gasteiger partial charge >= 0.3 is 7.60 Å². The minimum atomic E-state index is -4.22. The average Bonchev–Trinajstić information content (AvgIpc) is 2.89. The first-order chi connectivity index (χ1) is 10.5. The maximum atomic E-state index is 10.8. The number of imidazole rings is 1. The molecule has 0 saturated carbocycles. The quantitative estimate of drug-likeness (QED) is 0.357. The molecule has 0 aliphatic rings. The first-order valence-corrected chi connectivity index (χ1v) is 9.43. The highest BCUT2D eigenvalue weighted by atomic mass is 32.2. The Morgan fingerprint density at radius 3 is 2.82 bits per heavy atom. The van der Waals surface area contributed by atoms with Gasteiger partial charge in [-0.25, -0.2) is 15.0 Å². The van der Waals surface area contributed by atoms with Crippen molar-refractivity contribution in [1.29, 1.82) is 0 Å². The Labute approximate surface area is 130 Å². The Bertz CT molecular complexity index is 676. The summed E-state index contributed by atoms with van der Waals surface area (Å²) >= 11 is 1.45. The predicted molar refractivity (Wildman–Crippen MR) is 80.7 cm³/mol. The van der Waals surface area contributed by atoms with Crippen molar-refractivity contribution in [3.05, 3.63) is 12.7 Å². The van der Waals surface area contributed by atoms with Crippen molar-refractivity contribution in [3.63, 3.8) is 0 Å². The van der Waals surface area contributed by atoms with Crippen molar-refractivity contribution in [1.82, 2.24) is 19.5 Å². The molecule has 2 rings (SSSR count). The van der Waals surface area contributed by atoms with Gasteiger partial charge in [-0.3, -0.25) is 4.57 Å². The fourth-order valence-electron chi connectivity index (χ4n) is 2.01. The van der Waals surface area contributed by atoms with E-state index in [0.717, 1.165) is 5.03 Å². The maximum Gasteiger partial charge on any atom is 0.350 e. The van der Waals surface area contributed by atoms with E-state index in [0.29, 0.717) is 17.6 Å². The topological polar surface area (TPSA) is 131 Å². The van der Waals surface area contributed by atoms with E-state index >= 15 is 0 Å². The Balaban J connectivity index is 2.23. The molecule has 0 amide bonds. The average molecular weight is 348 g/mol. The molecule has 0 spiro atoms. The molecule has 2 aromatic heterocycles. The second-order valence-electron chi connectivity index (χ2n) is 4.54. The molecule has 11 heteroatoms. The third-order valence-corrected chi connectivity index (χ3v) is 4.15. The molecule has 0 aliphatic carbocycles. The smallest absolute Gasteiger partial charge is 0.350 e. The van der Waals surface area contributed by atoms with Gasteiger partial charge in [0.1, 0.15) is 23.2 Å². The number of thioether (sulfide) groups is 1. The molecule has 9 nitrogen and oxygen atoms in total. The third-order valence-electron chi connectivity index (χ3n) is 2.94. The van der Waals surface area contributed by atoms with Gasteiger partial charge in [-0.2, -0.15) is 0 Å². The van der Waals surface area contributed by atoms with Crippen molar-refractivity contribution in [2.75, 3.05) is 25.8 Å². The zero-order valence-electron chi connectivity index (χ0n) is 11.9. The second-order valence-corrected chi connectivity index (χ2v) is 6.92. The van der Waals surface area contributed by atoms with E-state index in [-0.39, 0.29) is 19.3 Å². The zero-order valence-corrected chi connectivity index (χ0v) is 13.6. The highest BCUT2D eigenvalue weighted by Gasteiger charge is 2.19. The van der Waals surface area contributed by atoms with Crippen LogP contribution in [0.15, 0.2) is 17.7 Å². The normalized spacial score (nSPS) is 13.6. The summed E-state index contributed by atoms with van der Waals surface area (Å²) in [6.07, 6.45) is 4.58. The molecule has 2 heterocycles. The minimum Gasteiger partial charge on any atom is -0.396 e. The molecule has 0 aliphatic heterocycles. The summed E-state index contributed by atoms with van der Waals surface area (Å²) in [4.78, 5) is 30.3. The Hall–Kier alpha value is -1.03. The maximum absolute atomic E-state index is 10.8. The van der Waals surface area contributed by atoms with Gasteiger partial charge in [-0.05, 0) is 12.7 Å². The lowest BCUT2D eigenvalue weighted by Crippen LogP contribution is -2.17. The first kappa shape index (κ1) is 17.3. The largest absolute Gasteiger partial charge is 0.396 e. The number of aliphatic hydroxyl groups is 1. The van der Waals surface area contributed by atoms with Crippen molar-refractivity contribution in [2.45, 2.75) is 17.5 Å². The van der Waals surface area contributed by atoms with Crippen molar-refractivity contribution in [2.24, 2.45) is 0 Å². The lowest BCUT2D eigenvalue weighted by atomic mass is 10.2. The molecule has 3 N–H and O–H groups in total. The SMILES string of the molecule is CSc1ncnc2c1ncn2C(CCO)COCP(=O)(O)O. The molecule has 22 heavy (non-hydrogen) atoms. The molecule has 2 aromatic rings. The minimum absolute atomic E-state index is 0.0374. The van der Waals surface area contributed by atoms with Crippen LogP contribution in [0, 0.1) is 0 Å². The summed E-state index contributed by atoms with van der Waals surface area (Å²) in [6.45, 7) is -0.0557. The number of aliphatic hydroxyl groups excluding tert-OH is 1. The highest BCUT2D eigenvalue weighted by Crippen LogP contribution is 2.34. The molecular weight excluding hydrogens is 331 g/mol. The second kappa shape index (κ2) is 7.49. The molecule has 0 saturated heterocycles. The van der Waals surface area contributed by atoms with E-state index in [9.17, 15) is 9.67 Å². The number of fused-ring (bicyclic) bond motifs is 1. The van der Waals surface area contributed by atoms with E-state index in [1.807, 2.05) is 6.26 Å². The number of ether oxygens (including phenoxy) is 1. The highest BCUT2D eigenvalue weighted by molar-refractivity contribution is 7.98. The number of rotatable bonds is 8. The van der Waals surface area contributed by atoms with Gasteiger partial charge in [-0.1, -0.05) is 0 Å². The Morgan fingerprint density at radius 2 is 2.18 bits per heavy atom. The van der Waals surface area contributed by atoms with Gasteiger partial charge in [0, 0.05) is 6.61 Å². The fraction of sp³-hybridized carbons (Fsp3) is 0.545. The van der Waals surface area contributed by atoms with Crippen LogP contribution < -0.4 is 0 Å². The Morgan fingerprint density at radius 1 is 1.41 bits per heavy atom. The summed E-state index contributed by atoms with van der Waals surface area (Å²) < 4.78 is 17.6. The zero-order chi connectivity index (χ0) is 16.2. The summed E-state index contributed by atoms with van der Waals surface area (Å²) in [7, 11) is -4.22. The van der Waals surface area contributed by atoms with Gasteiger partial charge < -0.3 is 24.2 Å². The summed E-state index contributed by atoms with van der Waals surface area (Å²) in [5.41, 5.74) is 1.24. The fourth-order valence-corrected chi connectivity index (χ4v) is 2.84. The van der Waals surface area contributed by atoms with Gasteiger partial charge in [-0.15, -0.1) is 11.8 Å². The third kappa shape index (κ3) is 4.25. The van der Waals surface area contributed by atoms with E-state index < -0.39 is 13.9 Å². The number of nitrogens with zero attached hydrogens (tertiary/aromatic N) is 4. The molecule has 0 bridgehead atoms. The van der Waals surface area contributed by atoms with Gasteiger partial charge in [0.2, 0.25) is 0 Å². The lowest BCUT2D eigenvalue weighted by molar-refractivity contribution is 0.112. The van der Waals surface area contributed by atoms with Gasteiger partial charge in [0.25, 0.3) is 0 Å². The van der Waals surface area contributed by atoms with E-state index in [2.05, 4.69) is 15.0 Å². The number of aromatic nitrogens is 4. The van der Waals surface area contributed by atoms with Gasteiger partial charge in [0.05, 0.1) is 19.0 Å². The summed E-state index contributed by atoms with van der Waals surface area (Å²) in [5.74, 6) is 0. The van der Waals surface area contributed by atoms with Crippen molar-refractivity contribution < 1.29 is 24.2 Å². The van der Waals surface area contributed by atoms with Gasteiger partial charge in [0.15, 0.2) is 5.65 Å². The van der Waals surface area contributed by atoms with Crippen LogP contribution in [-0.4, -0.2) is 60.2 Å². The van der Waals surface area contributed by atoms with Crippen LogP contribution in [0.1, 0.15) is 12.5 Å². The molecular formula is C11H17N4O5PS. The first-order valence-electron chi connectivity index (χ1n) is 6.41. The van der Waals surface area contributed by atoms with E-state index in [1.165, 1.54) is 18.1 Å². The lowest BCUT2D eigenvalue weighted by Gasteiger charge is -2.18. The predicted octanol–water partition coefficient (Wildman–Crippen LogP) is 0.623. The summed E-state index contributed by atoms with van der Waals surface area (Å²) in [6, 6.07) is -0.328. The molecule has 1 atom stereocenters. The Kier molecular flexibility index (Phi) is 5.90. The van der Waals surface area contributed by atoms with Crippen LogP contribution >= 0.6 is 19.4 Å². The monoisotopic (exact) mass is 348 g/mol. The number of hydrogen-bond acceptors (Lipinski definition) is 7. The molecule has 122 valence electrons. The molecule has 0 fully saturated rings. The van der Waals surface area contributed by atoms with Crippen LogP contribution in [0.25, 0.3) is 11.2 Å². The van der Waals surface area contributed by atoms with Crippen LogP contribution in [0.2, 0.25) is 0 Å². The van der Waals surface area contributed by atoms with Crippen LogP contribution in [0.3, 0.4) is 0 Å². The van der Waals surface area contributed by atoms with Crippen LogP contribution in [-0.2, 0) is 9.30 Å².